The zero-order chi connectivity index (χ0) is 10.4. The van der Waals surface area contributed by atoms with Gasteiger partial charge in [-0.15, -0.1) is 0 Å². The molecule has 0 aliphatic heterocycles. The van der Waals surface area contributed by atoms with Gasteiger partial charge in [-0.25, -0.2) is 21.6 Å². The lowest BCUT2D eigenvalue weighted by Crippen LogP contribution is -2.15. The van der Waals surface area contributed by atoms with Crippen LogP contribution in [-0.2, 0) is 20.0 Å². The quantitative estimate of drug-likeness (QED) is 0.649. The highest BCUT2D eigenvalue weighted by atomic mass is 32.2. The van der Waals surface area contributed by atoms with E-state index in [-0.39, 0.29) is 0 Å². The molecule has 0 unspecified atom stereocenters. The molecule has 0 heterocycles. The Hall–Kier alpha value is -0.180. The van der Waals surface area contributed by atoms with Gasteiger partial charge in [0.05, 0.1) is 16.3 Å². The average molecular weight is 217 g/mol. The first-order chi connectivity index (χ1) is 5.12. The lowest BCUT2D eigenvalue weighted by atomic mass is 11.6. The van der Waals surface area contributed by atoms with E-state index in [1.807, 2.05) is 0 Å². The SMILES string of the molecule is CNS(C)(=O)=O.C[N-]S(C)(=O)=O. The Kier molecular flexibility index (Phi) is 6.53. The van der Waals surface area contributed by atoms with Crippen LogP contribution in [0.1, 0.15) is 0 Å². The summed E-state index contributed by atoms with van der Waals surface area (Å²) in [5.74, 6) is 0. The fraction of sp³-hybridized carbons (Fsp3) is 1.00. The summed E-state index contributed by atoms with van der Waals surface area (Å²) in [6.45, 7) is 0. The van der Waals surface area contributed by atoms with Crippen molar-refractivity contribution in [3.63, 3.8) is 0 Å². The van der Waals surface area contributed by atoms with Crippen LogP contribution in [0.4, 0.5) is 0 Å². The molecule has 1 N–H and O–H groups in total. The van der Waals surface area contributed by atoms with Crippen LogP contribution in [0.2, 0.25) is 0 Å². The van der Waals surface area contributed by atoms with E-state index in [9.17, 15) is 16.8 Å². The molecule has 8 heteroatoms. The minimum atomic E-state index is -3.04. The Morgan fingerprint density at radius 2 is 1.25 bits per heavy atom. The van der Waals surface area contributed by atoms with Crippen LogP contribution >= 0.6 is 0 Å². The van der Waals surface area contributed by atoms with Gasteiger partial charge in [0, 0.05) is 6.26 Å². The molecule has 0 aromatic rings. The van der Waals surface area contributed by atoms with Crippen molar-refractivity contribution in [2.45, 2.75) is 0 Å². The maximum Gasteiger partial charge on any atom is 0.208 e. The fourth-order valence-electron chi connectivity index (χ4n) is 0. The molecule has 0 amide bonds. The molecule has 0 saturated heterocycles. The molecule has 0 aliphatic rings. The largest absolute Gasteiger partial charge is 0.552 e. The molecule has 0 atom stereocenters. The van der Waals surface area contributed by atoms with E-state index in [4.69, 9.17) is 0 Å². The Bertz CT molecular complexity index is 259. The van der Waals surface area contributed by atoms with Crippen LogP contribution in [0, 0.1) is 0 Å². The van der Waals surface area contributed by atoms with Crippen LogP contribution in [-0.4, -0.2) is 43.4 Å². The third-order valence-corrected chi connectivity index (χ3v) is 2.11. The van der Waals surface area contributed by atoms with E-state index >= 15 is 0 Å². The van der Waals surface area contributed by atoms with Gasteiger partial charge in [0.2, 0.25) is 10.0 Å². The molecule has 6 nitrogen and oxygen atoms in total. The second-order valence-corrected chi connectivity index (χ2v) is 5.68. The van der Waals surface area contributed by atoms with E-state index in [1.165, 1.54) is 14.1 Å². The van der Waals surface area contributed by atoms with Crippen LogP contribution < -0.4 is 4.72 Å². The van der Waals surface area contributed by atoms with Gasteiger partial charge < -0.3 is 4.72 Å². The van der Waals surface area contributed by atoms with Crippen LogP contribution in [0.25, 0.3) is 4.72 Å². The molecular formula is C4H13N2O4S2-. The standard InChI is InChI=1S/C2H7NO2S.C2H6NO2S/c2*1-3-6(2,4)5/h3H,1-2H3;1-2H3/q;-1. The first-order valence-corrected chi connectivity index (χ1v) is 6.56. The normalized spacial score (nSPS) is 11.7. The molecule has 76 valence electrons. The highest BCUT2D eigenvalue weighted by Gasteiger charge is 1.88. The summed E-state index contributed by atoms with van der Waals surface area (Å²) in [5, 5.41) is 0. The van der Waals surface area contributed by atoms with Crippen molar-refractivity contribution >= 4 is 20.0 Å². The summed E-state index contributed by atoms with van der Waals surface area (Å²) < 4.78 is 44.5. The van der Waals surface area contributed by atoms with Gasteiger partial charge in [-0.3, -0.25) is 0 Å². The maximum absolute atomic E-state index is 9.89. The van der Waals surface area contributed by atoms with Crippen molar-refractivity contribution < 1.29 is 16.8 Å². The minimum absolute atomic E-state index is 1.05. The van der Waals surface area contributed by atoms with Crippen LogP contribution in [0.15, 0.2) is 0 Å². The van der Waals surface area contributed by atoms with Gasteiger partial charge in [0.25, 0.3) is 0 Å². The van der Waals surface area contributed by atoms with Gasteiger partial charge in [0.1, 0.15) is 0 Å². The second kappa shape index (κ2) is 5.46. The van der Waals surface area contributed by atoms with Crippen molar-refractivity contribution in [3.05, 3.63) is 4.72 Å². The van der Waals surface area contributed by atoms with E-state index in [0.717, 1.165) is 12.5 Å². The highest BCUT2D eigenvalue weighted by molar-refractivity contribution is 7.93. The van der Waals surface area contributed by atoms with Crippen molar-refractivity contribution in [3.8, 4) is 0 Å². The molecule has 0 fully saturated rings. The van der Waals surface area contributed by atoms with Gasteiger partial charge in [0.15, 0.2) is 0 Å². The Balaban J connectivity index is 0. The predicted octanol–water partition coefficient (Wildman–Crippen LogP) is -0.885. The topological polar surface area (TPSA) is 94.4 Å². The first kappa shape index (κ1) is 14.3. The molecule has 0 rings (SSSR count). The Labute approximate surface area is 73.5 Å². The van der Waals surface area contributed by atoms with E-state index in [1.54, 1.807) is 0 Å². The molecule has 0 aromatic heterocycles. The molecule has 12 heavy (non-hydrogen) atoms. The zero-order valence-corrected chi connectivity index (χ0v) is 9.03. The van der Waals surface area contributed by atoms with E-state index in [0.29, 0.717) is 0 Å². The van der Waals surface area contributed by atoms with Gasteiger partial charge >= 0.3 is 0 Å². The van der Waals surface area contributed by atoms with Crippen molar-refractivity contribution in [1.82, 2.24) is 4.72 Å². The Morgan fingerprint density at radius 3 is 1.25 bits per heavy atom. The summed E-state index contributed by atoms with van der Waals surface area (Å²) in [7, 11) is -3.33. The maximum atomic E-state index is 9.89. The smallest absolute Gasteiger partial charge is 0.208 e. The monoisotopic (exact) mass is 217 g/mol. The molecule has 0 bridgehead atoms. The molecule has 0 radical (unpaired) electrons. The van der Waals surface area contributed by atoms with Gasteiger partial charge in [-0.2, -0.15) is 7.05 Å². The number of rotatable bonds is 2. The number of hydrogen-bond acceptors (Lipinski definition) is 4. The molecule has 0 spiro atoms. The lowest BCUT2D eigenvalue weighted by Gasteiger charge is -2.03. The fourth-order valence-corrected chi connectivity index (χ4v) is 0. The average Bonchev–Trinajstić information content (AvgIpc) is 1.86. The van der Waals surface area contributed by atoms with E-state index in [2.05, 4.69) is 9.44 Å². The van der Waals surface area contributed by atoms with Crippen molar-refractivity contribution in [2.24, 2.45) is 0 Å². The summed E-state index contributed by atoms with van der Waals surface area (Å²) in [6, 6.07) is 0. The summed E-state index contributed by atoms with van der Waals surface area (Å²) >= 11 is 0. The third kappa shape index (κ3) is 22.6. The Morgan fingerprint density at radius 1 is 1.08 bits per heavy atom. The summed E-state index contributed by atoms with van der Waals surface area (Å²) in [5.41, 5.74) is 0. The van der Waals surface area contributed by atoms with Gasteiger partial charge in [-0.1, -0.05) is 0 Å². The summed E-state index contributed by atoms with van der Waals surface area (Å²) in [4.78, 5) is 0. The predicted molar refractivity (Wildman–Crippen MR) is 48.0 cm³/mol. The first-order valence-electron chi connectivity index (χ1n) is 2.82. The number of nitrogens with zero attached hydrogens (tertiary/aromatic N) is 1. The van der Waals surface area contributed by atoms with Crippen LogP contribution in [0.3, 0.4) is 0 Å². The highest BCUT2D eigenvalue weighted by Crippen LogP contribution is 1.86. The molecule has 0 aromatic carbocycles. The van der Waals surface area contributed by atoms with E-state index < -0.39 is 20.0 Å². The number of sulfonamides is 2. The molecule has 0 aliphatic carbocycles. The van der Waals surface area contributed by atoms with Crippen LogP contribution in [0.5, 0.6) is 0 Å². The third-order valence-electron chi connectivity index (χ3n) is 0.702. The zero-order valence-electron chi connectivity index (χ0n) is 7.40. The lowest BCUT2D eigenvalue weighted by molar-refractivity contribution is 0.594. The van der Waals surface area contributed by atoms with Crippen molar-refractivity contribution in [2.75, 3.05) is 26.6 Å². The second-order valence-electron chi connectivity index (χ2n) is 1.89. The van der Waals surface area contributed by atoms with Gasteiger partial charge in [-0.05, 0) is 7.05 Å². The number of hydrogen-bond donors (Lipinski definition) is 1. The summed E-state index contributed by atoms with van der Waals surface area (Å²) in [6.07, 6.45) is 2.15. The minimum Gasteiger partial charge on any atom is -0.552 e. The molecular weight excluding hydrogens is 204 g/mol. The molecule has 0 saturated carbocycles. The number of nitrogens with one attached hydrogen (secondary N) is 1. The van der Waals surface area contributed by atoms with Crippen molar-refractivity contribution in [1.29, 1.82) is 0 Å².